The molecular weight excluding hydrogens is 359 g/mol. The van der Waals surface area contributed by atoms with Gasteiger partial charge in [0, 0.05) is 19.3 Å². The molecule has 0 bridgehead atoms. The van der Waals surface area contributed by atoms with Gasteiger partial charge in [0.25, 0.3) is 0 Å². The Labute approximate surface area is 150 Å². The number of nitrogens with two attached hydrogens (primary N) is 1. The second-order valence-corrected chi connectivity index (χ2v) is 6.18. The zero-order chi connectivity index (χ0) is 18.0. The van der Waals surface area contributed by atoms with Gasteiger partial charge in [-0.3, -0.25) is 9.59 Å². The van der Waals surface area contributed by atoms with Crippen LogP contribution in [0.4, 0.5) is 18.9 Å². The van der Waals surface area contributed by atoms with Gasteiger partial charge >= 0.3 is 12.1 Å². The van der Waals surface area contributed by atoms with E-state index < -0.39 is 17.6 Å². The molecule has 0 atom stereocenters. The molecule has 3 N–H and O–H groups in total. The number of hydrogen-bond donors (Lipinski definition) is 2. The van der Waals surface area contributed by atoms with Gasteiger partial charge in [-0.15, -0.1) is 12.4 Å². The minimum atomic E-state index is -4.91. The average Bonchev–Trinajstić information content (AvgIpc) is 2.94. The van der Waals surface area contributed by atoms with Gasteiger partial charge in [0.2, 0.25) is 5.91 Å². The Morgan fingerprint density at radius 2 is 1.88 bits per heavy atom. The molecule has 0 aliphatic heterocycles. The largest absolute Gasteiger partial charge is 0.471 e. The standard InChI is InChI=1S/C16H20F3N3O2.ClH/c1-22(14(24)16(17,18)19)10-11-5-4-6-12(9-11)21-13(23)15(20)7-2-3-8-15;/h4-6,9H,2-3,7-8,10,20H2,1H3,(H,21,23);1H. The minimum Gasteiger partial charge on any atom is -0.334 e. The maximum atomic E-state index is 12.4. The molecule has 2 rings (SSSR count). The lowest BCUT2D eigenvalue weighted by molar-refractivity contribution is -0.184. The van der Waals surface area contributed by atoms with E-state index in [0.29, 0.717) is 29.0 Å². The Bertz CT molecular complexity index is 631. The molecule has 0 aromatic heterocycles. The highest BCUT2D eigenvalue weighted by atomic mass is 35.5. The van der Waals surface area contributed by atoms with Crippen molar-refractivity contribution in [2.75, 3.05) is 12.4 Å². The van der Waals surface area contributed by atoms with Crippen LogP contribution in [-0.4, -0.2) is 35.5 Å². The van der Waals surface area contributed by atoms with Gasteiger partial charge < -0.3 is 16.0 Å². The van der Waals surface area contributed by atoms with Gasteiger partial charge in [-0.05, 0) is 30.5 Å². The third kappa shape index (κ3) is 5.34. The maximum absolute atomic E-state index is 12.4. The van der Waals surface area contributed by atoms with Crippen LogP contribution in [0, 0.1) is 0 Å². The van der Waals surface area contributed by atoms with Crippen LogP contribution in [-0.2, 0) is 16.1 Å². The maximum Gasteiger partial charge on any atom is 0.471 e. The van der Waals surface area contributed by atoms with Crippen molar-refractivity contribution in [2.24, 2.45) is 5.73 Å². The summed E-state index contributed by atoms with van der Waals surface area (Å²) in [6.45, 7) is -0.212. The summed E-state index contributed by atoms with van der Waals surface area (Å²) in [6.07, 6.45) is -1.89. The molecule has 0 spiro atoms. The van der Waals surface area contributed by atoms with Crippen LogP contribution in [0.15, 0.2) is 24.3 Å². The fraction of sp³-hybridized carbons (Fsp3) is 0.500. The van der Waals surface area contributed by atoms with E-state index in [4.69, 9.17) is 5.73 Å². The second kappa shape index (κ2) is 8.05. The van der Waals surface area contributed by atoms with Gasteiger partial charge in [-0.2, -0.15) is 13.2 Å². The van der Waals surface area contributed by atoms with E-state index >= 15 is 0 Å². The van der Waals surface area contributed by atoms with Crippen molar-refractivity contribution in [3.05, 3.63) is 29.8 Å². The Balaban J connectivity index is 0.00000312. The summed E-state index contributed by atoms with van der Waals surface area (Å²) in [5, 5.41) is 2.71. The number of nitrogens with zero attached hydrogens (tertiary/aromatic N) is 1. The van der Waals surface area contributed by atoms with Crippen molar-refractivity contribution in [1.82, 2.24) is 4.90 Å². The van der Waals surface area contributed by atoms with Crippen molar-refractivity contribution in [3.8, 4) is 0 Å². The molecule has 1 aliphatic carbocycles. The number of nitrogens with one attached hydrogen (secondary N) is 1. The van der Waals surface area contributed by atoms with Crippen LogP contribution in [0.2, 0.25) is 0 Å². The first-order valence-corrected chi connectivity index (χ1v) is 7.63. The normalized spacial score (nSPS) is 16.0. The molecule has 1 saturated carbocycles. The lowest BCUT2D eigenvalue weighted by Crippen LogP contribution is -2.48. The zero-order valence-electron chi connectivity index (χ0n) is 13.7. The van der Waals surface area contributed by atoms with Crippen molar-refractivity contribution in [3.63, 3.8) is 0 Å². The Morgan fingerprint density at radius 3 is 2.44 bits per heavy atom. The van der Waals surface area contributed by atoms with E-state index in [9.17, 15) is 22.8 Å². The van der Waals surface area contributed by atoms with Crippen LogP contribution in [0.5, 0.6) is 0 Å². The molecule has 25 heavy (non-hydrogen) atoms. The number of amides is 2. The molecule has 1 aromatic carbocycles. The van der Waals surface area contributed by atoms with Gasteiger partial charge in [0.05, 0.1) is 5.54 Å². The molecule has 0 heterocycles. The van der Waals surface area contributed by atoms with E-state index in [2.05, 4.69) is 5.32 Å². The number of carbonyl (C=O) groups excluding carboxylic acids is 2. The molecule has 1 aliphatic rings. The predicted molar refractivity (Wildman–Crippen MR) is 90.2 cm³/mol. The summed E-state index contributed by atoms with van der Waals surface area (Å²) in [7, 11) is 1.08. The Hall–Kier alpha value is -1.80. The fourth-order valence-electron chi connectivity index (χ4n) is 2.80. The predicted octanol–water partition coefficient (Wildman–Crippen LogP) is 2.84. The lowest BCUT2D eigenvalue weighted by Gasteiger charge is -2.23. The van der Waals surface area contributed by atoms with Crippen LogP contribution in [0.25, 0.3) is 0 Å². The van der Waals surface area contributed by atoms with E-state index in [1.165, 1.54) is 6.07 Å². The van der Waals surface area contributed by atoms with E-state index in [0.717, 1.165) is 19.9 Å². The fourth-order valence-corrected chi connectivity index (χ4v) is 2.80. The van der Waals surface area contributed by atoms with Crippen LogP contribution in [0.1, 0.15) is 31.2 Å². The molecule has 0 saturated heterocycles. The van der Waals surface area contributed by atoms with Gasteiger partial charge in [-0.1, -0.05) is 25.0 Å². The topological polar surface area (TPSA) is 75.4 Å². The van der Waals surface area contributed by atoms with Crippen molar-refractivity contribution in [1.29, 1.82) is 0 Å². The van der Waals surface area contributed by atoms with Crippen molar-refractivity contribution >= 4 is 29.9 Å². The molecule has 140 valence electrons. The summed E-state index contributed by atoms with van der Waals surface area (Å²) < 4.78 is 37.2. The van der Waals surface area contributed by atoms with E-state index in [1.54, 1.807) is 18.2 Å². The third-order valence-corrected chi connectivity index (χ3v) is 4.14. The highest BCUT2D eigenvalue weighted by molar-refractivity contribution is 5.98. The monoisotopic (exact) mass is 379 g/mol. The van der Waals surface area contributed by atoms with Crippen molar-refractivity contribution < 1.29 is 22.8 Å². The molecule has 9 heteroatoms. The van der Waals surface area contributed by atoms with E-state index in [-0.39, 0.29) is 24.9 Å². The SMILES string of the molecule is CN(Cc1cccc(NC(=O)C2(N)CCCC2)c1)C(=O)C(F)(F)F.Cl. The van der Waals surface area contributed by atoms with Gasteiger partial charge in [0.15, 0.2) is 0 Å². The molecule has 0 unspecified atom stereocenters. The second-order valence-electron chi connectivity index (χ2n) is 6.18. The van der Waals surface area contributed by atoms with Crippen molar-refractivity contribution in [2.45, 2.75) is 43.9 Å². The molecular formula is C16H21ClF3N3O2. The highest BCUT2D eigenvalue weighted by Crippen LogP contribution is 2.28. The minimum absolute atomic E-state index is 0. The Kier molecular flexibility index (Phi) is 6.84. The summed E-state index contributed by atoms with van der Waals surface area (Å²) in [6, 6.07) is 6.36. The smallest absolute Gasteiger partial charge is 0.334 e. The summed E-state index contributed by atoms with van der Waals surface area (Å²) in [4.78, 5) is 24.0. The number of carbonyl (C=O) groups is 2. The first kappa shape index (κ1) is 21.2. The average molecular weight is 380 g/mol. The van der Waals surface area contributed by atoms with Gasteiger partial charge in [-0.25, -0.2) is 0 Å². The molecule has 2 amide bonds. The van der Waals surface area contributed by atoms with Gasteiger partial charge in [0.1, 0.15) is 0 Å². The highest BCUT2D eigenvalue weighted by Gasteiger charge is 2.41. The number of alkyl halides is 3. The van der Waals surface area contributed by atoms with E-state index in [1.807, 2.05) is 0 Å². The summed E-state index contributed by atoms with van der Waals surface area (Å²) in [5.74, 6) is -2.21. The first-order chi connectivity index (χ1) is 11.1. The zero-order valence-corrected chi connectivity index (χ0v) is 14.5. The third-order valence-electron chi connectivity index (χ3n) is 4.14. The molecule has 1 fully saturated rings. The van der Waals surface area contributed by atoms with Crippen LogP contribution < -0.4 is 11.1 Å². The van der Waals surface area contributed by atoms with Crippen LogP contribution >= 0.6 is 12.4 Å². The molecule has 1 aromatic rings. The Morgan fingerprint density at radius 1 is 1.28 bits per heavy atom. The number of anilines is 1. The number of rotatable bonds is 4. The lowest BCUT2D eigenvalue weighted by atomic mass is 9.98. The van der Waals surface area contributed by atoms with Crippen LogP contribution in [0.3, 0.4) is 0 Å². The number of hydrogen-bond acceptors (Lipinski definition) is 3. The number of halogens is 4. The molecule has 5 nitrogen and oxygen atoms in total. The first-order valence-electron chi connectivity index (χ1n) is 7.63. The quantitative estimate of drug-likeness (QED) is 0.844. The summed E-state index contributed by atoms with van der Waals surface area (Å²) in [5.41, 5.74) is 6.10. The number of benzene rings is 1. The molecule has 0 radical (unpaired) electrons. The summed E-state index contributed by atoms with van der Waals surface area (Å²) >= 11 is 0.